The van der Waals surface area contributed by atoms with Crippen LogP contribution in [-0.4, -0.2) is 18.9 Å². The van der Waals surface area contributed by atoms with Crippen LogP contribution in [0.5, 0.6) is 5.75 Å². The molecule has 0 spiro atoms. The molecule has 18 heavy (non-hydrogen) atoms. The fourth-order valence-electron chi connectivity index (χ4n) is 1.86. The van der Waals surface area contributed by atoms with E-state index in [4.69, 9.17) is 10.5 Å². The van der Waals surface area contributed by atoms with Crippen molar-refractivity contribution in [2.24, 2.45) is 5.73 Å². The molecule has 0 bridgehead atoms. The number of nitrogens with two attached hydrogens (primary N) is 1. The Kier molecular flexibility index (Phi) is 6.36. The molecule has 1 unspecified atom stereocenters. The first-order valence-corrected chi connectivity index (χ1v) is 6.95. The van der Waals surface area contributed by atoms with Crippen molar-refractivity contribution in [2.45, 2.75) is 38.6 Å². The molecule has 0 fully saturated rings. The van der Waals surface area contributed by atoms with Gasteiger partial charge in [-0.05, 0) is 30.2 Å². The quantitative estimate of drug-likeness (QED) is 0.841. The Bertz CT molecular complexity index is 407. The predicted molar refractivity (Wildman–Crippen MR) is 76.9 cm³/mol. The van der Waals surface area contributed by atoms with Gasteiger partial charge >= 0.3 is 0 Å². The minimum Gasteiger partial charge on any atom is -0.497 e. The van der Waals surface area contributed by atoms with E-state index in [2.05, 4.69) is 22.9 Å². The molecular weight excluding hydrogens is 294 g/mol. The first-order valence-electron chi connectivity index (χ1n) is 6.16. The number of rotatable bonds is 7. The third-order valence-electron chi connectivity index (χ3n) is 2.79. The number of hydrogen-bond acceptors (Lipinski definition) is 3. The number of methoxy groups -OCH3 is 1. The van der Waals surface area contributed by atoms with Gasteiger partial charge in [0.2, 0.25) is 0 Å². The Morgan fingerprint density at radius 2 is 2.22 bits per heavy atom. The van der Waals surface area contributed by atoms with E-state index in [0.717, 1.165) is 28.6 Å². The van der Waals surface area contributed by atoms with Crippen molar-refractivity contribution in [3.63, 3.8) is 0 Å². The van der Waals surface area contributed by atoms with Gasteiger partial charge in [-0.2, -0.15) is 0 Å². The maximum atomic E-state index is 11.9. The van der Waals surface area contributed by atoms with E-state index in [1.807, 2.05) is 18.2 Å². The Morgan fingerprint density at radius 1 is 1.50 bits per heavy atom. The Labute approximate surface area is 117 Å². The van der Waals surface area contributed by atoms with E-state index >= 15 is 0 Å². The topological polar surface area (TPSA) is 52.3 Å². The fraction of sp³-hybridized carbons (Fsp3) is 0.500. The van der Waals surface area contributed by atoms with E-state index in [1.165, 1.54) is 0 Å². The molecule has 1 atom stereocenters. The third-order valence-corrected chi connectivity index (χ3v) is 3.56. The van der Waals surface area contributed by atoms with E-state index in [9.17, 15) is 4.79 Å². The van der Waals surface area contributed by atoms with Crippen molar-refractivity contribution in [2.75, 3.05) is 7.11 Å². The minimum atomic E-state index is -0.0214. The Hall–Kier alpha value is -0.870. The van der Waals surface area contributed by atoms with E-state index in [-0.39, 0.29) is 11.8 Å². The van der Waals surface area contributed by atoms with Crippen LogP contribution in [0, 0.1) is 0 Å². The monoisotopic (exact) mass is 313 g/mol. The highest BCUT2D eigenvalue weighted by atomic mass is 79.9. The molecular formula is C14H20BrNO2. The fourth-order valence-corrected chi connectivity index (χ4v) is 2.25. The lowest BCUT2D eigenvalue weighted by Crippen LogP contribution is -2.24. The van der Waals surface area contributed by atoms with Gasteiger partial charge in [0.15, 0.2) is 0 Å². The zero-order valence-corrected chi connectivity index (χ0v) is 12.5. The molecule has 0 saturated heterocycles. The standard InChI is InChI=1S/C14H20BrNO2/c1-3-4-11(16)9-12(17)7-10-8-13(18-2)5-6-14(10)15/h5-6,8,11H,3-4,7,9,16H2,1-2H3. The van der Waals surface area contributed by atoms with Gasteiger partial charge in [-0.25, -0.2) is 0 Å². The first kappa shape index (κ1) is 15.2. The lowest BCUT2D eigenvalue weighted by Gasteiger charge is -2.10. The summed E-state index contributed by atoms with van der Waals surface area (Å²) in [7, 11) is 1.62. The van der Waals surface area contributed by atoms with Crippen LogP contribution in [0.1, 0.15) is 31.7 Å². The maximum Gasteiger partial charge on any atom is 0.138 e. The number of halogens is 1. The molecule has 4 heteroatoms. The summed E-state index contributed by atoms with van der Waals surface area (Å²) < 4.78 is 6.09. The summed E-state index contributed by atoms with van der Waals surface area (Å²) in [5.41, 5.74) is 6.82. The highest BCUT2D eigenvalue weighted by Crippen LogP contribution is 2.23. The molecule has 100 valence electrons. The maximum absolute atomic E-state index is 11.9. The molecule has 0 aromatic heterocycles. The van der Waals surface area contributed by atoms with Crippen LogP contribution in [-0.2, 0) is 11.2 Å². The van der Waals surface area contributed by atoms with Crippen molar-refractivity contribution >= 4 is 21.7 Å². The van der Waals surface area contributed by atoms with Crippen molar-refractivity contribution in [3.05, 3.63) is 28.2 Å². The van der Waals surface area contributed by atoms with Crippen LogP contribution in [0.25, 0.3) is 0 Å². The largest absolute Gasteiger partial charge is 0.497 e. The number of ketones is 1. The number of Topliss-reactive ketones (excluding diaryl/α,β-unsaturated/α-hetero) is 1. The predicted octanol–water partition coefficient (Wildman–Crippen LogP) is 3.09. The summed E-state index contributed by atoms with van der Waals surface area (Å²) >= 11 is 3.45. The van der Waals surface area contributed by atoms with Gasteiger partial charge in [0, 0.05) is 23.4 Å². The molecule has 1 aromatic carbocycles. The zero-order chi connectivity index (χ0) is 13.5. The SMILES string of the molecule is CCCC(N)CC(=O)Cc1cc(OC)ccc1Br. The smallest absolute Gasteiger partial charge is 0.138 e. The van der Waals surface area contributed by atoms with Crippen LogP contribution in [0.15, 0.2) is 22.7 Å². The van der Waals surface area contributed by atoms with Crippen molar-refractivity contribution in [1.29, 1.82) is 0 Å². The van der Waals surface area contributed by atoms with Gasteiger partial charge < -0.3 is 10.5 Å². The Morgan fingerprint density at radius 3 is 2.83 bits per heavy atom. The molecule has 0 aliphatic rings. The second-order valence-corrected chi connectivity index (χ2v) is 5.28. The minimum absolute atomic E-state index is 0.0214. The lowest BCUT2D eigenvalue weighted by molar-refractivity contribution is -0.118. The van der Waals surface area contributed by atoms with Crippen molar-refractivity contribution in [3.8, 4) is 5.75 Å². The van der Waals surface area contributed by atoms with E-state index in [1.54, 1.807) is 7.11 Å². The van der Waals surface area contributed by atoms with Crippen LogP contribution >= 0.6 is 15.9 Å². The summed E-state index contributed by atoms with van der Waals surface area (Å²) in [5.74, 6) is 0.934. The number of carbonyl (C=O) groups excluding carboxylic acids is 1. The zero-order valence-electron chi connectivity index (χ0n) is 10.9. The second kappa shape index (κ2) is 7.54. The van der Waals surface area contributed by atoms with Gasteiger partial charge in [0.05, 0.1) is 7.11 Å². The normalized spacial score (nSPS) is 12.2. The summed E-state index contributed by atoms with van der Waals surface area (Å²) in [4.78, 5) is 11.9. The summed E-state index contributed by atoms with van der Waals surface area (Å²) in [6.45, 7) is 2.07. The van der Waals surface area contributed by atoms with Gasteiger partial charge in [0.1, 0.15) is 11.5 Å². The number of carbonyl (C=O) groups is 1. The van der Waals surface area contributed by atoms with E-state index < -0.39 is 0 Å². The van der Waals surface area contributed by atoms with Crippen LogP contribution in [0.2, 0.25) is 0 Å². The Balaban J connectivity index is 2.63. The molecule has 3 nitrogen and oxygen atoms in total. The molecule has 0 aliphatic carbocycles. The van der Waals surface area contributed by atoms with Crippen molar-refractivity contribution in [1.82, 2.24) is 0 Å². The van der Waals surface area contributed by atoms with Gasteiger partial charge in [0.25, 0.3) is 0 Å². The molecule has 0 saturated carbocycles. The molecule has 0 radical (unpaired) electrons. The van der Waals surface area contributed by atoms with Gasteiger partial charge in [-0.1, -0.05) is 29.3 Å². The van der Waals surface area contributed by atoms with Crippen molar-refractivity contribution < 1.29 is 9.53 Å². The summed E-state index contributed by atoms with van der Waals surface area (Å²) in [6.07, 6.45) is 2.75. The summed E-state index contributed by atoms with van der Waals surface area (Å²) in [5, 5.41) is 0. The highest BCUT2D eigenvalue weighted by molar-refractivity contribution is 9.10. The van der Waals surface area contributed by atoms with Crippen LogP contribution < -0.4 is 10.5 Å². The molecule has 0 heterocycles. The van der Waals surface area contributed by atoms with E-state index in [0.29, 0.717) is 12.8 Å². The highest BCUT2D eigenvalue weighted by Gasteiger charge is 2.12. The number of benzene rings is 1. The van der Waals surface area contributed by atoms with Gasteiger partial charge in [-0.15, -0.1) is 0 Å². The average Bonchev–Trinajstić information content (AvgIpc) is 2.32. The molecule has 1 aromatic rings. The summed E-state index contributed by atoms with van der Waals surface area (Å²) in [6, 6.07) is 5.62. The van der Waals surface area contributed by atoms with Gasteiger partial charge in [-0.3, -0.25) is 4.79 Å². The average molecular weight is 314 g/mol. The molecule has 1 rings (SSSR count). The number of hydrogen-bond donors (Lipinski definition) is 1. The van der Waals surface area contributed by atoms with Crippen LogP contribution in [0.4, 0.5) is 0 Å². The second-order valence-electron chi connectivity index (χ2n) is 4.43. The number of ether oxygens (including phenoxy) is 1. The molecule has 2 N–H and O–H groups in total. The molecule has 0 amide bonds. The third kappa shape index (κ3) is 4.78. The molecule has 0 aliphatic heterocycles. The van der Waals surface area contributed by atoms with Crippen LogP contribution in [0.3, 0.4) is 0 Å². The lowest BCUT2D eigenvalue weighted by atomic mass is 10.0. The first-order chi connectivity index (χ1) is 8.56.